The van der Waals surface area contributed by atoms with E-state index in [2.05, 4.69) is 79.9 Å². The van der Waals surface area contributed by atoms with Crippen molar-refractivity contribution in [3.8, 4) is 0 Å². The molecule has 0 rings (SSSR count). The molecule has 0 aliphatic carbocycles. The minimum Gasteiger partial charge on any atom is -0.759 e. The first kappa shape index (κ1) is 33.8. The summed E-state index contributed by atoms with van der Waals surface area (Å²) in [7, 11) is 7.21. The predicted octanol–water partition coefficient (Wildman–Crippen LogP) is 0.904. The van der Waals surface area contributed by atoms with Crippen molar-refractivity contribution in [3.63, 3.8) is 0 Å². The third-order valence-corrected chi connectivity index (χ3v) is 4.01. The van der Waals surface area contributed by atoms with Gasteiger partial charge in [-0.2, -0.15) is 0 Å². The van der Waals surface area contributed by atoms with Gasteiger partial charge in [-0.15, -0.1) is 0 Å². The normalized spacial score (nSPS) is 13.3. The number of carbonyl (C=O) groups excluding carboxylic acids is 2. The highest BCUT2D eigenvalue weighted by Crippen LogP contribution is 2.05. The van der Waals surface area contributed by atoms with Crippen LogP contribution in [0.2, 0.25) is 0 Å². The first-order valence-corrected chi connectivity index (χ1v) is 11.1. The van der Waals surface area contributed by atoms with Gasteiger partial charge in [0, 0.05) is 34.4 Å². The van der Waals surface area contributed by atoms with E-state index in [1.54, 1.807) is 13.8 Å². The lowest BCUT2D eigenvalue weighted by molar-refractivity contribution is -0.898. The van der Waals surface area contributed by atoms with Crippen molar-refractivity contribution in [1.29, 1.82) is 0 Å². The molecule has 0 saturated carbocycles. The Hall–Kier alpha value is -1.79. The molecule has 0 aromatic rings. The monoisotopic (exact) mass is 466 g/mol. The highest BCUT2D eigenvalue weighted by molar-refractivity contribution is 7.79. The molecule has 0 heterocycles. The molecule has 0 aliphatic rings. The maximum atomic E-state index is 11.3. The van der Waals surface area contributed by atoms with Crippen LogP contribution in [0, 0.1) is 0 Å². The summed E-state index contributed by atoms with van der Waals surface area (Å²) in [6.45, 7) is 14.8. The van der Waals surface area contributed by atoms with Gasteiger partial charge in [-0.05, 0) is 13.8 Å². The van der Waals surface area contributed by atoms with E-state index in [1.165, 1.54) is 0 Å². The molecule has 2 N–H and O–H groups in total. The van der Waals surface area contributed by atoms with Crippen molar-refractivity contribution in [1.82, 2.24) is 10.6 Å². The van der Waals surface area contributed by atoms with Gasteiger partial charge in [-0.1, -0.05) is 27.0 Å². The summed E-state index contributed by atoms with van der Waals surface area (Å²) in [6, 6.07) is 0. The van der Waals surface area contributed by atoms with Crippen LogP contribution < -0.4 is 10.6 Å². The van der Waals surface area contributed by atoms with Gasteiger partial charge in [0.2, 0.25) is 0 Å². The Morgan fingerprint density at radius 2 is 0.968 bits per heavy atom. The number of hydrogen-bond acceptors (Lipinski definition) is 6. The van der Waals surface area contributed by atoms with Crippen molar-refractivity contribution in [2.24, 2.45) is 0 Å². The Morgan fingerprint density at radius 1 is 0.774 bits per heavy atom. The molecule has 0 bridgehead atoms. The fourth-order valence-corrected chi connectivity index (χ4v) is 2.24. The summed E-state index contributed by atoms with van der Waals surface area (Å²) in [6.07, 6.45) is 2.15. The zero-order valence-corrected chi connectivity index (χ0v) is 21.6. The van der Waals surface area contributed by atoms with Crippen LogP contribution in [0.25, 0.3) is 0 Å². The molecule has 0 aromatic heterocycles. The van der Waals surface area contributed by atoms with E-state index in [9.17, 15) is 9.59 Å². The first-order valence-electron chi connectivity index (χ1n) is 9.79. The molecule has 0 radical (unpaired) electrons. The Bertz CT molecular complexity index is 652. The first-order chi connectivity index (χ1) is 13.6. The Kier molecular flexibility index (Phi) is 15.6. The second-order valence-electron chi connectivity index (χ2n) is 9.00. The smallest absolute Gasteiger partial charge is 0.250 e. The summed E-state index contributed by atoms with van der Waals surface area (Å²) in [4.78, 5) is 22.7. The van der Waals surface area contributed by atoms with Crippen LogP contribution in [0.1, 0.15) is 40.5 Å². The van der Waals surface area contributed by atoms with Crippen LogP contribution in [0.3, 0.4) is 0 Å². The maximum Gasteiger partial charge on any atom is 0.250 e. The van der Waals surface area contributed by atoms with Gasteiger partial charge in [-0.3, -0.25) is 18.0 Å². The quantitative estimate of drug-likeness (QED) is 0.179. The molecule has 2 amide bonds. The number of rotatable bonds is 8. The standard InChI is InChI=1S/2C10H20N2O.H2O4S/c2*1-7-9(12(4,5)6)11-10(13)8(2)3;1-5(2,3)4/h2*9H,2,7H2,1,3-6H3;(H2,1,2,3,4). The number of quaternary nitrogens is 2. The van der Waals surface area contributed by atoms with E-state index < -0.39 is 10.4 Å². The average Bonchev–Trinajstić information content (AvgIpc) is 2.53. The van der Waals surface area contributed by atoms with E-state index in [0.717, 1.165) is 21.8 Å². The van der Waals surface area contributed by atoms with Gasteiger partial charge in [0.1, 0.15) is 0 Å². The predicted molar refractivity (Wildman–Crippen MR) is 121 cm³/mol. The Labute approximate surface area is 188 Å². The van der Waals surface area contributed by atoms with E-state index in [1.807, 2.05) is 0 Å². The lowest BCUT2D eigenvalue weighted by Crippen LogP contribution is -2.54. The highest BCUT2D eigenvalue weighted by atomic mass is 32.3. The van der Waals surface area contributed by atoms with Crippen LogP contribution in [0.4, 0.5) is 0 Å². The molecule has 11 heteroatoms. The lowest BCUT2D eigenvalue weighted by Gasteiger charge is -2.33. The van der Waals surface area contributed by atoms with Gasteiger partial charge in [0.05, 0.1) is 42.3 Å². The van der Waals surface area contributed by atoms with Crippen molar-refractivity contribution in [2.45, 2.75) is 52.9 Å². The van der Waals surface area contributed by atoms with E-state index in [-0.39, 0.29) is 24.1 Å². The van der Waals surface area contributed by atoms with E-state index in [0.29, 0.717) is 11.1 Å². The van der Waals surface area contributed by atoms with Gasteiger partial charge >= 0.3 is 0 Å². The lowest BCUT2D eigenvalue weighted by atomic mass is 10.2. The van der Waals surface area contributed by atoms with Crippen molar-refractivity contribution in [3.05, 3.63) is 24.3 Å². The van der Waals surface area contributed by atoms with Crippen LogP contribution >= 0.6 is 0 Å². The fourth-order valence-electron chi connectivity index (χ4n) is 2.24. The molecule has 0 saturated heterocycles. The summed E-state index contributed by atoms with van der Waals surface area (Å²) in [5.74, 6) is -0.111. The summed E-state index contributed by atoms with van der Waals surface area (Å²) in [5, 5.41) is 5.88. The molecule has 0 fully saturated rings. The number of hydrogen-bond donors (Lipinski definition) is 2. The Balaban J connectivity index is -0.000000416. The van der Waals surface area contributed by atoms with Gasteiger partial charge in [-0.25, -0.2) is 0 Å². The molecule has 0 aromatic carbocycles. The van der Waals surface area contributed by atoms with E-state index in [4.69, 9.17) is 17.5 Å². The van der Waals surface area contributed by atoms with Crippen molar-refractivity contribution >= 4 is 22.2 Å². The summed E-state index contributed by atoms with van der Waals surface area (Å²) >= 11 is 0. The molecular formula is C20H42N4O6S. The molecule has 2 unspecified atom stereocenters. The molecular weight excluding hydrogens is 424 g/mol. The molecule has 2 atom stereocenters. The molecule has 184 valence electrons. The second kappa shape index (κ2) is 14.3. The van der Waals surface area contributed by atoms with Gasteiger partial charge < -0.3 is 28.7 Å². The molecule has 10 nitrogen and oxygen atoms in total. The van der Waals surface area contributed by atoms with Crippen molar-refractivity contribution < 1.29 is 36.1 Å². The zero-order valence-electron chi connectivity index (χ0n) is 20.7. The minimum absolute atomic E-state index is 0.0556. The number of amides is 2. The molecule has 31 heavy (non-hydrogen) atoms. The molecule has 0 spiro atoms. The number of nitrogens with one attached hydrogen (secondary N) is 2. The average molecular weight is 467 g/mol. The number of carbonyl (C=O) groups is 2. The fraction of sp³-hybridized carbons (Fsp3) is 0.700. The molecule has 0 aliphatic heterocycles. The largest absolute Gasteiger partial charge is 0.759 e. The van der Waals surface area contributed by atoms with E-state index >= 15 is 0 Å². The maximum absolute atomic E-state index is 11.3. The van der Waals surface area contributed by atoms with Crippen LogP contribution in [-0.4, -0.2) is 92.9 Å². The zero-order chi connectivity index (χ0) is 25.8. The number of nitrogens with zero attached hydrogens (tertiary/aromatic N) is 2. The highest BCUT2D eigenvalue weighted by Gasteiger charge is 2.24. The van der Waals surface area contributed by atoms with Crippen LogP contribution in [0.15, 0.2) is 24.3 Å². The second-order valence-corrected chi connectivity index (χ2v) is 9.81. The van der Waals surface area contributed by atoms with Gasteiger partial charge in [0.15, 0.2) is 12.3 Å². The third-order valence-electron chi connectivity index (χ3n) is 4.01. The third kappa shape index (κ3) is 21.2. The van der Waals surface area contributed by atoms with Crippen molar-refractivity contribution in [2.75, 3.05) is 42.3 Å². The Morgan fingerprint density at radius 3 is 1.06 bits per heavy atom. The summed E-state index contributed by atoms with van der Waals surface area (Å²) in [5.41, 5.74) is 1.12. The van der Waals surface area contributed by atoms with Gasteiger partial charge in [0.25, 0.3) is 11.8 Å². The topological polar surface area (TPSA) is 138 Å². The SMILES string of the molecule is C=C(C)C(=O)NC(CC)[N+](C)(C)C.C=C(C)C(=O)NC(CC)[N+](C)(C)C.O=S(=O)([O-])[O-]. The summed E-state index contributed by atoms with van der Waals surface area (Å²) < 4.78 is 35.5. The van der Waals surface area contributed by atoms with Crippen LogP contribution in [0.5, 0.6) is 0 Å². The minimum atomic E-state index is -5.17. The van der Waals surface area contributed by atoms with Crippen LogP contribution in [-0.2, 0) is 20.0 Å².